The van der Waals surface area contributed by atoms with Crippen LogP contribution in [0.15, 0.2) is 95.1 Å². The summed E-state index contributed by atoms with van der Waals surface area (Å²) in [5.74, 6) is -0.358. The van der Waals surface area contributed by atoms with E-state index < -0.39 is 11.8 Å². The van der Waals surface area contributed by atoms with Crippen LogP contribution in [0, 0.1) is 5.92 Å². The molecule has 0 radical (unpaired) electrons. The van der Waals surface area contributed by atoms with Gasteiger partial charge in [-0.3, -0.25) is 14.6 Å². The van der Waals surface area contributed by atoms with Crippen LogP contribution in [-0.4, -0.2) is 31.2 Å². The first-order valence-corrected chi connectivity index (χ1v) is 13.9. The summed E-state index contributed by atoms with van der Waals surface area (Å²) in [5, 5.41) is 0. The predicted octanol–water partition coefficient (Wildman–Crippen LogP) is 6.80. The van der Waals surface area contributed by atoms with E-state index in [-0.39, 0.29) is 17.7 Å². The number of carbonyl (C=O) groups excluding carboxylic acids is 2. The van der Waals surface area contributed by atoms with Gasteiger partial charge in [0, 0.05) is 29.3 Å². The van der Waals surface area contributed by atoms with Crippen LogP contribution < -0.4 is 9.47 Å². The molecule has 0 amide bonds. The lowest BCUT2D eigenvalue weighted by Gasteiger charge is -2.36. The topological polar surface area (TPSA) is 74.2 Å². The number of rotatable bonds is 9. The number of nitrogens with zero attached hydrogens (tertiary/aromatic N) is 1. The molecule has 1 unspecified atom stereocenters. The smallest absolute Gasteiger partial charge is 0.315 e. The van der Waals surface area contributed by atoms with E-state index >= 15 is 0 Å². The van der Waals surface area contributed by atoms with Crippen molar-refractivity contribution in [1.29, 1.82) is 0 Å². The third kappa shape index (κ3) is 5.71. The van der Waals surface area contributed by atoms with Crippen molar-refractivity contribution in [1.82, 2.24) is 0 Å². The second-order valence-corrected chi connectivity index (χ2v) is 10.4. The molecule has 0 spiro atoms. The molecule has 1 heterocycles. The first kappa shape index (κ1) is 27.4. The standard InChI is InChI=1S/C34H35NO5/c1-4-17-39-34(37)31-22(2)35-27-18-26(24-13-9-6-10-14-24)19-28(36)33(27)32(31)25-15-16-29(30(20-25)38-3)40-21-23-11-7-5-8-12-23/h5-16,20,26,31-32H,4,17-19,21H2,1-3H3/t26-,31?,32+/m0/s1. The zero-order valence-corrected chi connectivity index (χ0v) is 23.3. The summed E-state index contributed by atoms with van der Waals surface area (Å²) >= 11 is 0. The van der Waals surface area contributed by atoms with Gasteiger partial charge < -0.3 is 14.2 Å². The van der Waals surface area contributed by atoms with Gasteiger partial charge in [0.05, 0.1) is 13.7 Å². The minimum absolute atomic E-state index is 0.0213. The van der Waals surface area contributed by atoms with Crippen molar-refractivity contribution in [2.24, 2.45) is 10.9 Å². The molecule has 1 aliphatic carbocycles. The SMILES string of the molecule is CCCOC(=O)C1C(C)=NC2=C(C(=O)C[C@@H](c3ccccc3)C2)[C@@H]1c1ccc(OCc2ccccc2)c(OC)c1. The fourth-order valence-corrected chi connectivity index (χ4v) is 5.71. The van der Waals surface area contributed by atoms with E-state index in [2.05, 4.69) is 12.1 Å². The lowest BCUT2D eigenvalue weighted by Crippen LogP contribution is -2.38. The van der Waals surface area contributed by atoms with E-state index in [9.17, 15) is 9.59 Å². The summed E-state index contributed by atoms with van der Waals surface area (Å²) in [7, 11) is 1.59. The number of esters is 1. The van der Waals surface area contributed by atoms with Crippen LogP contribution in [0.3, 0.4) is 0 Å². The molecule has 5 rings (SSSR count). The number of allylic oxidation sites excluding steroid dienone is 2. The van der Waals surface area contributed by atoms with Gasteiger partial charge in [-0.1, -0.05) is 73.7 Å². The average molecular weight is 538 g/mol. The van der Waals surface area contributed by atoms with Crippen molar-refractivity contribution in [3.05, 3.63) is 107 Å². The van der Waals surface area contributed by atoms with Crippen molar-refractivity contribution >= 4 is 17.5 Å². The molecular formula is C34H35NO5. The molecule has 0 aromatic heterocycles. The fourth-order valence-electron chi connectivity index (χ4n) is 5.71. The number of aliphatic imine (C=N–C) groups is 1. The molecular weight excluding hydrogens is 502 g/mol. The lowest BCUT2D eigenvalue weighted by molar-refractivity contribution is -0.146. The van der Waals surface area contributed by atoms with E-state index in [0.29, 0.717) is 55.3 Å². The van der Waals surface area contributed by atoms with E-state index in [1.54, 1.807) is 7.11 Å². The van der Waals surface area contributed by atoms with Crippen LogP contribution >= 0.6 is 0 Å². The Kier molecular flexibility index (Phi) is 8.44. The van der Waals surface area contributed by atoms with Crippen molar-refractivity contribution in [2.45, 2.75) is 51.6 Å². The maximum Gasteiger partial charge on any atom is 0.315 e. The molecule has 6 heteroatoms. The molecule has 6 nitrogen and oxygen atoms in total. The van der Waals surface area contributed by atoms with Gasteiger partial charge in [-0.05, 0) is 54.5 Å². The highest BCUT2D eigenvalue weighted by molar-refractivity contribution is 6.09. The van der Waals surface area contributed by atoms with Crippen molar-refractivity contribution in [2.75, 3.05) is 13.7 Å². The van der Waals surface area contributed by atoms with Crippen molar-refractivity contribution in [3.63, 3.8) is 0 Å². The predicted molar refractivity (Wildman–Crippen MR) is 155 cm³/mol. The van der Waals surface area contributed by atoms with Crippen molar-refractivity contribution < 1.29 is 23.8 Å². The lowest BCUT2D eigenvalue weighted by atomic mass is 9.69. The summed E-state index contributed by atoms with van der Waals surface area (Å²) in [5.41, 5.74) is 5.00. The second kappa shape index (κ2) is 12.3. The number of carbonyl (C=O) groups is 2. The van der Waals surface area contributed by atoms with E-state index in [1.807, 2.05) is 80.6 Å². The molecule has 3 atom stereocenters. The number of Topliss-reactive ketones (excluding diaryl/α,β-unsaturated/α-hetero) is 1. The summed E-state index contributed by atoms with van der Waals surface area (Å²) < 4.78 is 17.4. The molecule has 0 saturated carbocycles. The summed E-state index contributed by atoms with van der Waals surface area (Å²) in [6.45, 7) is 4.54. The van der Waals surface area contributed by atoms with Gasteiger partial charge in [0.1, 0.15) is 12.5 Å². The van der Waals surface area contributed by atoms with E-state index in [4.69, 9.17) is 19.2 Å². The quantitative estimate of drug-likeness (QED) is 0.281. The number of ether oxygens (including phenoxy) is 3. The Labute approximate surface area is 235 Å². The Bertz CT molecular complexity index is 1430. The van der Waals surface area contributed by atoms with Crippen LogP contribution in [-0.2, 0) is 20.9 Å². The van der Waals surface area contributed by atoms with Crippen LogP contribution in [0.5, 0.6) is 11.5 Å². The molecule has 2 aliphatic rings. The Morgan fingerprint density at radius 2 is 1.65 bits per heavy atom. The normalized spacial score (nSPS) is 20.4. The molecule has 3 aromatic carbocycles. The first-order valence-electron chi connectivity index (χ1n) is 13.9. The molecule has 3 aromatic rings. The Hall–Kier alpha value is -4.19. The highest BCUT2D eigenvalue weighted by atomic mass is 16.5. The monoisotopic (exact) mass is 537 g/mol. The Balaban J connectivity index is 1.52. The van der Waals surface area contributed by atoms with Gasteiger partial charge >= 0.3 is 5.97 Å². The second-order valence-electron chi connectivity index (χ2n) is 10.4. The van der Waals surface area contributed by atoms with Crippen LogP contribution in [0.4, 0.5) is 0 Å². The molecule has 1 aliphatic heterocycles. The van der Waals surface area contributed by atoms with Crippen LogP contribution in [0.1, 0.15) is 61.6 Å². The highest BCUT2D eigenvalue weighted by Crippen LogP contribution is 2.48. The average Bonchev–Trinajstić information content (AvgIpc) is 2.98. The van der Waals surface area contributed by atoms with E-state index in [0.717, 1.165) is 22.4 Å². The van der Waals surface area contributed by atoms with Gasteiger partial charge in [-0.25, -0.2) is 0 Å². The van der Waals surface area contributed by atoms with Gasteiger partial charge in [0.25, 0.3) is 0 Å². The van der Waals surface area contributed by atoms with Crippen molar-refractivity contribution in [3.8, 4) is 11.5 Å². The largest absolute Gasteiger partial charge is 0.493 e. The molecule has 0 bridgehead atoms. The summed E-state index contributed by atoms with van der Waals surface area (Å²) in [4.78, 5) is 32.1. The molecule has 206 valence electrons. The number of benzene rings is 3. The van der Waals surface area contributed by atoms with Crippen LogP contribution in [0.2, 0.25) is 0 Å². The van der Waals surface area contributed by atoms with Gasteiger partial charge in [-0.15, -0.1) is 0 Å². The Morgan fingerprint density at radius 1 is 0.925 bits per heavy atom. The maximum absolute atomic E-state index is 13.8. The number of hydrogen-bond donors (Lipinski definition) is 0. The molecule has 0 saturated heterocycles. The maximum atomic E-state index is 13.8. The number of hydrogen-bond acceptors (Lipinski definition) is 6. The number of ketones is 1. The summed E-state index contributed by atoms with van der Waals surface area (Å²) in [6, 6.07) is 25.7. The van der Waals surface area contributed by atoms with Gasteiger partial charge in [0.15, 0.2) is 17.3 Å². The molecule has 40 heavy (non-hydrogen) atoms. The highest BCUT2D eigenvalue weighted by Gasteiger charge is 2.45. The zero-order valence-electron chi connectivity index (χ0n) is 23.3. The Morgan fingerprint density at radius 3 is 2.35 bits per heavy atom. The first-order chi connectivity index (χ1) is 19.5. The van der Waals surface area contributed by atoms with E-state index in [1.165, 1.54) is 0 Å². The third-order valence-electron chi connectivity index (χ3n) is 7.65. The van der Waals surface area contributed by atoms with Crippen LogP contribution in [0.25, 0.3) is 0 Å². The van der Waals surface area contributed by atoms with Gasteiger partial charge in [0.2, 0.25) is 0 Å². The molecule has 0 N–H and O–H groups in total. The zero-order chi connectivity index (χ0) is 28.1. The molecule has 0 fully saturated rings. The fraction of sp³-hybridized carbons (Fsp3) is 0.324. The minimum atomic E-state index is -0.691. The summed E-state index contributed by atoms with van der Waals surface area (Å²) in [6.07, 6.45) is 1.73. The minimum Gasteiger partial charge on any atom is -0.493 e. The van der Waals surface area contributed by atoms with Gasteiger partial charge in [-0.2, -0.15) is 0 Å². The third-order valence-corrected chi connectivity index (χ3v) is 7.65. The number of methoxy groups -OCH3 is 1.